The van der Waals surface area contributed by atoms with E-state index in [0.29, 0.717) is 6.54 Å². The number of alkyl carbamates (subject to hydrolysis) is 1. The fourth-order valence-corrected chi connectivity index (χ4v) is 2.59. The van der Waals surface area contributed by atoms with Crippen LogP contribution in [0.2, 0.25) is 0 Å². The number of amides is 1. The Hall–Kier alpha value is -1.71. The van der Waals surface area contributed by atoms with E-state index < -0.39 is 0 Å². The first-order chi connectivity index (χ1) is 8.28. The number of anilines is 1. The predicted octanol–water partition coefficient (Wildman–Crippen LogP) is 1.85. The number of likely N-dealkylation sites (N-methyl/N-ethyl adjacent to an activating group) is 1. The van der Waals surface area contributed by atoms with Crippen molar-refractivity contribution in [2.75, 3.05) is 24.5 Å². The summed E-state index contributed by atoms with van der Waals surface area (Å²) in [5, 5.41) is 2.68. The van der Waals surface area contributed by atoms with Gasteiger partial charge in [-0.2, -0.15) is 0 Å². The molecule has 17 heavy (non-hydrogen) atoms. The third kappa shape index (κ3) is 1.73. The Morgan fingerprint density at radius 3 is 3.12 bits per heavy atom. The minimum atomic E-state index is -0.314. The molecule has 3 rings (SSSR count). The minimum Gasteiger partial charge on any atom is -0.439 e. The van der Waals surface area contributed by atoms with Crippen molar-refractivity contribution in [2.45, 2.75) is 19.4 Å². The lowest BCUT2D eigenvalue weighted by molar-refractivity contribution is 0.141. The van der Waals surface area contributed by atoms with Crippen LogP contribution >= 0.6 is 0 Å². The first-order valence-corrected chi connectivity index (χ1v) is 6.10. The third-order valence-electron chi connectivity index (χ3n) is 3.53. The smallest absolute Gasteiger partial charge is 0.407 e. The number of ether oxygens (including phenoxy) is 1. The molecule has 4 heteroatoms. The van der Waals surface area contributed by atoms with Gasteiger partial charge < -0.3 is 15.0 Å². The van der Waals surface area contributed by atoms with Crippen LogP contribution in [0.15, 0.2) is 18.2 Å². The van der Waals surface area contributed by atoms with Gasteiger partial charge in [0, 0.05) is 18.8 Å². The summed E-state index contributed by atoms with van der Waals surface area (Å²) in [6, 6.07) is 6.39. The molecule has 0 aromatic heterocycles. The summed E-state index contributed by atoms with van der Waals surface area (Å²) < 4.78 is 5.20. The van der Waals surface area contributed by atoms with Gasteiger partial charge >= 0.3 is 6.09 Å². The van der Waals surface area contributed by atoms with E-state index in [0.717, 1.165) is 25.1 Å². The standard InChI is InChI=1S/C13H16N2O2/c1-2-15-6-5-9-7-10(3-4-11(9)15)12-8-14-13(16)17-12/h3-4,7,12H,2,5-6,8H2,1H3,(H,14,16). The van der Waals surface area contributed by atoms with Crippen LogP contribution in [0.4, 0.5) is 10.5 Å². The largest absolute Gasteiger partial charge is 0.439 e. The molecule has 1 aromatic carbocycles. The van der Waals surface area contributed by atoms with E-state index in [9.17, 15) is 4.79 Å². The monoisotopic (exact) mass is 232 g/mol. The summed E-state index contributed by atoms with van der Waals surface area (Å²) in [6.07, 6.45) is 0.652. The van der Waals surface area contributed by atoms with Crippen molar-refractivity contribution in [3.8, 4) is 0 Å². The Morgan fingerprint density at radius 1 is 1.53 bits per heavy atom. The van der Waals surface area contributed by atoms with Gasteiger partial charge in [0.05, 0.1) is 6.54 Å². The molecule has 2 aliphatic heterocycles. The number of carbonyl (C=O) groups excluding carboxylic acids is 1. The van der Waals surface area contributed by atoms with Crippen molar-refractivity contribution in [3.05, 3.63) is 29.3 Å². The fraction of sp³-hybridized carbons (Fsp3) is 0.462. The van der Waals surface area contributed by atoms with Crippen LogP contribution in [0.1, 0.15) is 24.2 Å². The molecule has 90 valence electrons. The molecule has 1 unspecified atom stereocenters. The molecule has 0 bridgehead atoms. The van der Waals surface area contributed by atoms with E-state index in [-0.39, 0.29) is 12.2 Å². The second kappa shape index (κ2) is 3.95. The highest BCUT2D eigenvalue weighted by atomic mass is 16.6. The van der Waals surface area contributed by atoms with Gasteiger partial charge in [0.25, 0.3) is 0 Å². The van der Waals surface area contributed by atoms with Crippen molar-refractivity contribution in [1.29, 1.82) is 0 Å². The number of hydrogen-bond donors (Lipinski definition) is 1. The van der Waals surface area contributed by atoms with Crippen LogP contribution in [0.5, 0.6) is 0 Å². The van der Waals surface area contributed by atoms with Gasteiger partial charge in [-0.1, -0.05) is 6.07 Å². The molecule has 1 N–H and O–H groups in total. The SMILES string of the molecule is CCN1CCc2cc(C3CNC(=O)O3)ccc21. The first kappa shape index (κ1) is 10.4. The Kier molecular flexibility index (Phi) is 2.42. The zero-order valence-corrected chi connectivity index (χ0v) is 9.90. The molecule has 0 radical (unpaired) electrons. The number of rotatable bonds is 2. The van der Waals surface area contributed by atoms with E-state index in [1.165, 1.54) is 11.3 Å². The lowest BCUT2D eigenvalue weighted by atomic mass is 10.0. The zero-order chi connectivity index (χ0) is 11.8. The number of cyclic esters (lactones) is 1. The predicted molar refractivity (Wildman–Crippen MR) is 65.3 cm³/mol. The molecular weight excluding hydrogens is 216 g/mol. The number of benzene rings is 1. The van der Waals surface area contributed by atoms with Crippen LogP contribution < -0.4 is 10.2 Å². The highest BCUT2D eigenvalue weighted by Crippen LogP contribution is 2.31. The van der Waals surface area contributed by atoms with Crippen LogP contribution in [0.25, 0.3) is 0 Å². The molecule has 1 amide bonds. The fourth-order valence-electron chi connectivity index (χ4n) is 2.59. The molecule has 1 aromatic rings. The lowest BCUT2D eigenvalue weighted by Crippen LogP contribution is -2.19. The Bertz CT molecular complexity index is 459. The van der Waals surface area contributed by atoms with Crippen molar-refractivity contribution in [2.24, 2.45) is 0 Å². The van der Waals surface area contributed by atoms with Crippen LogP contribution in [-0.4, -0.2) is 25.7 Å². The summed E-state index contributed by atoms with van der Waals surface area (Å²) in [5.41, 5.74) is 3.79. The molecule has 0 saturated carbocycles. The normalized spacial score (nSPS) is 22.3. The van der Waals surface area contributed by atoms with Gasteiger partial charge in [-0.3, -0.25) is 0 Å². The molecule has 1 fully saturated rings. The summed E-state index contributed by atoms with van der Waals surface area (Å²) in [7, 11) is 0. The van der Waals surface area contributed by atoms with E-state index >= 15 is 0 Å². The van der Waals surface area contributed by atoms with E-state index in [1.807, 2.05) is 0 Å². The topological polar surface area (TPSA) is 41.6 Å². The lowest BCUT2D eigenvalue weighted by Gasteiger charge is -2.17. The average molecular weight is 232 g/mol. The maximum atomic E-state index is 11.0. The zero-order valence-electron chi connectivity index (χ0n) is 9.90. The van der Waals surface area contributed by atoms with E-state index in [2.05, 4.69) is 35.3 Å². The molecule has 1 atom stereocenters. The summed E-state index contributed by atoms with van der Waals surface area (Å²) in [5.74, 6) is 0. The second-order valence-electron chi connectivity index (χ2n) is 4.49. The third-order valence-corrected chi connectivity index (χ3v) is 3.53. The highest BCUT2D eigenvalue weighted by Gasteiger charge is 2.26. The number of hydrogen-bond acceptors (Lipinski definition) is 3. The summed E-state index contributed by atoms with van der Waals surface area (Å²) >= 11 is 0. The van der Waals surface area contributed by atoms with Gasteiger partial charge in [-0.25, -0.2) is 4.79 Å². The first-order valence-electron chi connectivity index (χ1n) is 6.10. The summed E-state index contributed by atoms with van der Waals surface area (Å²) in [4.78, 5) is 13.4. The van der Waals surface area contributed by atoms with Crippen molar-refractivity contribution >= 4 is 11.8 Å². The van der Waals surface area contributed by atoms with Gasteiger partial charge in [-0.05, 0) is 36.6 Å². The Balaban J connectivity index is 1.87. The second-order valence-corrected chi connectivity index (χ2v) is 4.49. The van der Waals surface area contributed by atoms with Crippen molar-refractivity contribution in [3.63, 3.8) is 0 Å². The van der Waals surface area contributed by atoms with Crippen LogP contribution in [0, 0.1) is 0 Å². The molecular formula is C13H16N2O2. The maximum absolute atomic E-state index is 11.0. The quantitative estimate of drug-likeness (QED) is 0.846. The Morgan fingerprint density at radius 2 is 2.41 bits per heavy atom. The van der Waals surface area contributed by atoms with E-state index in [1.54, 1.807) is 0 Å². The molecule has 0 spiro atoms. The number of fused-ring (bicyclic) bond motifs is 1. The summed E-state index contributed by atoms with van der Waals surface area (Å²) in [6.45, 7) is 4.89. The average Bonchev–Trinajstić information content (AvgIpc) is 2.94. The van der Waals surface area contributed by atoms with Gasteiger partial charge in [0.1, 0.15) is 6.10 Å². The van der Waals surface area contributed by atoms with Crippen molar-refractivity contribution in [1.82, 2.24) is 5.32 Å². The van der Waals surface area contributed by atoms with Crippen molar-refractivity contribution < 1.29 is 9.53 Å². The van der Waals surface area contributed by atoms with E-state index in [4.69, 9.17) is 4.74 Å². The van der Waals surface area contributed by atoms with Gasteiger partial charge in [-0.15, -0.1) is 0 Å². The number of nitrogens with one attached hydrogen (secondary N) is 1. The van der Waals surface area contributed by atoms with Crippen LogP contribution in [-0.2, 0) is 11.2 Å². The molecule has 4 nitrogen and oxygen atoms in total. The molecule has 2 aliphatic rings. The number of nitrogens with zero attached hydrogens (tertiary/aromatic N) is 1. The molecule has 2 heterocycles. The van der Waals surface area contributed by atoms with Gasteiger partial charge in [0.2, 0.25) is 0 Å². The molecule has 1 saturated heterocycles. The highest BCUT2D eigenvalue weighted by molar-refractivity contribution is 5.70. The molecule has 0 aliphatic carbocycles. The van der Waals surface area contributed by atoms with Gasteiger partial charge in [0.15, 0.2) is 0 Å². The maximum Gasteiger partial charge on any atom is 0.407 e. The Labute approximate surface area is 101 Å². The minimum absolute atomic E-state index is 0.122. The number of carbonyl (C=O) groups is 1. The van der Waals surface area contributed by atoms with Crippen LogP contribution in [0.3, 0.4) is 0 Å².